The molecule has 2 N–H and O–H groups in total. The fraction of sp³-hybridized carbons (Fsp3) is 0.222. The van der Waals surface area contributed by atoms with Gasteiger partial charge in [-0.2, -0.15) is 5.26 Å². The maximum absolute atomic E-state index is 14.2. The molecule has 8 nitrogen and oxygen atoms in total. The van der Waals surface area contributed by atoms with Crippen LogP contribution in [0.25, 0.3) is 0 Å². The molecule has 0 radical (unpaired) electrons. The molecule has 3 aliphatic heterocycles. The molecule has 0 bridgehead atoms. The highest BCUT2D eigenvalue weighted by Gasteiger charge is 2.40. The molecule has 0 saturated carbocycles. The summed E-state index contributed by atoms with van der Waals surface area (Å²) in [7, 11) is 0. The van der Waals surface area contributed by atoms with Gasteiger partial charge in [0.15, 0.2) is 5.82 Å². The van der Waals surface area contributed by atoms with Crippen LogP contribution in [-0.2, 0) is 6.42 Å². The van der Waals surface area contributed by atoms with Crippen LogP contribution in [0.1, 0.15) is 23.0 Å². The molecule has 5 heterocycles. The van der Waals surface area contributed by atoms with Crippen molar-refractivity contribution in [3.05, 3.63) is 71.8 Å². The number of halogens is 1. The molecule has 0 spiro atoms. The molecule has 2 atom stereocenters. The maximum Gasteiger partial charge on any atom is 0.150 e. The topological polar surface area (TPSA) is 96.8 Å². The van der Waals surface area contributed by atoms with Gasteiger partial charge < -0.3 is 9.88 Å². The van der Waals surface area contributed by atoms with Crippen LogP contribution in [0.4, 0.5) is 10.2 Å². The van der Waals surface area contributed by atoms with Crippen LogP contribution in [0.5, 0.6) is 0 Å². The second kappa shape index (κ2) is 6.03. The summed E-state index contributed by atoms with van der Waals surface area (Å²) in [5.41, 5.74) is 6.10. The highest BCUT2D eigenvalue weighted by Crippen LogP contribution is 2.38. The van der Waals surface area contributed by atoms with Crippen molar-refractivity contribution in [2.75, 3.05) is 11.4 Å². The van der Waals surface area contributed by atoms with Crippen LogP contribution in [0.3, 0.4) is 0 Å². The molecular formula is C18H15FN8. The molecule has 2 unspecified atom stereocenters. The fourth-order valence-corrected chi connectivity index (χ4v) is 3.83. The number of nitriles is 1. The van der Waals surface area contributed by atoms with E-state index in [0.29, 0.717) is 23.6 Å². The number of H-pyrrole nitrogens is 1. The first-order valence-corrected chi connectivity index (χ1v) is 8.56. The number of nitrogens with one attached hydrogen (secondary N) is 2. The molecule has 5 rings (SSSR count). The van der Waals surface area contributed by atoms with E-state index in [-0.39, 0.29) is 17.9 Å². The molecule has 0 aromatic carbocycles. The Bertz CT molecular complexity index is 1030. The van der Waals surface area contributed by atoms with E-state index < -0.39 is 0 Å². The number of fused-ring (bicyclic) bond motifs is 2. The summed E-state index contributed by atoms with van der Waals surface area (Å²) in [5.74, 6) is 0.264. The summed E-state index contributed by atoms with van der Waals surface area (Å²) in [6.45, 7) is 0.654. The molecule has 0 amide bonds. The quantitative estimate of drug-likeness (QED) is 0.838. The summed E-state index contributed by atoms with van der Waals surface area (Å²) in [6.07, 6.45) is 12.1. The molecule has 0 fully saturated rings. The Hall–Kier alpha value is -3.51. The molecule has 27 heavy (non-hydrogen) atoms. The van der Waals surface area contributed by atoms with Crippen molar-refractivity contribution in [2.45, 2.75) is 18.5 Å². The average Bonchev–Trinajstić information content (AvgIpc) is 3.34. The van der Waals surface area contributed by atoms with E-state index >= 15 is 0 Å². The second-order valence-corrected chi connectivity index (χ2v) is 6.46. The van der Waals surface area contributed by atoms with Gasteiger partial charge in [0.1, 0.15) is 23.8 Å². The summed E-state index contributed by atoms with van der Waals surface area (Å²) in [5, 5.41) is 11.1. The van der Waals surface area contributed by atoms with Gasteiger partial charge in [-0.05, 0) is 18.2 Å². The predicted octanol–water partition coefficient (Wildman–Crippen LogP) is 1.63. The Morgan fingerprint density at radius 1 is 1.33 bits per heavy atom. The SMILES string of the molecule is N#Cc1cncnc1N1CCc2[nH]cnc2C1C1C=C2C(F)=CC=CN2N1. The average molecular weight is 362 g/mol. The van der Waals surface area contributed by atoms with E-state index in [2.05, 4.69) is 31.4 Å². The van der Waals surface area contributed by atoms with Crippen molar-refractivity contribution in [2.24, 2.45) is 0 Å². The number of hydrogen-bond acceptors (Lipinski definition) is 7. The van der Waals surface area contributed by atoms with Gasteiger partial charge in [-0.25, -0.2) is 24.8 Å². The number of rotatable bonds is 2. The van der Waals surface area contributed by atoms with Crippen molar-refractivity contribution in [3.8, 4) is 6.07 Å². The standard InChI is InChI=1S/C18H15FN8/c19-12-2-1-4-27-15(12)6-14(25-27)17-16-13(22-10-23-16)3-5-26(17)18-11(7-20)8-21-9-24-18/h1-2,4,6,8-10,14,17,25H,3,5H2,(H,22,23). The summed E-state index contributed by atoms with van der Waals surface area (Å²) >= 11 is 0. The summed E-state index contributed by atoms with van der Waals surface area (Å²) in [6, 6.07) is 1.66. The molecular weight excluding hydrogens is 347 g/mol. The molecule has 134 valence electrons. The highest BCUT2D eigenvalue weighted by molar-refractivity contribution is 5.56. The lowest BCUT2D eigenvalue weighted by molar-refractivity contribution is 0.305. The minimum Gasteiger partial charge on any atom is -0.348 e. The fourth-order valence-electron chi connectivity index (χ4n) is 3.83. The Balaban J connectivity index is 1.60. The summed E-state index contributed by atoms with van der Waals surface area (Å²) in [4.78, 5) is 18.0. The molecule has 2 aromatic heterocycles. The van der Waals surface area contributed by atoms with Crippen molar-refractivity contribution in [1.29, 1.82) is 5.26 Å². The molecule has 9 heteroatoms. The Morgan fingerprint density at radius 3 is 3.11 bits per heavy atom. The Kier molecular flexibility index (Phi) is 3.51. The lowest BCUT2D eigenvalue weighted by Gasteiger charge is -2.39. The van der Waals surface area contributed by atoms with Gasteiger partial charge in [0.2, 0.25) is 0 Å². The minimum atomic E-state index is -0.295. The Morgan fingerprint density at radius 2 is 2.26 bits per heavy atom. The predicted molar refractivity (Wildman–Crippen MR) is 94.3 cm³/mol. The number of allylic oxidation sites excluding steroid dienone is 3. The van der Waals surface area contributed by atoms with Gasteiger partial charge in [-0.1, -0.05) is 0 Å². The molecule has 3 aliphatic rings. The Labute approximate surface area is 154 Å². The highest BCUT2D eigenvalue weighted by atomic mass is 19.1. The minimum absolute atomic E-state index is 0.245. The lowest BCUT2D eigenvalue weighted by atomic mass is 9.95. The number of aromatic amines is 1. The van der Waals surface area contributed by atoms with Crippen molar-refractivity contribution in [3.63, 3.8) is 0 Å². The van der Waals surface area contributed by atoms with Gasteiger partial charge in [0, 0.05) is 24.9 Å². The van der Waals surface area contributed by atoms with E-state index in [1.807, 2.05) is 11.0 Å². The van der Waals surface area contributed by atoms with Gasteiger partial charge in [-0.3, -0.25) is 5.01 Å². The third-order valence-electron chi connectivity index (χ3n) is 5.00. The molecule has 0 saturated heterocycles. The number of hydrogen-bond donors (Lipinski definition) is 2. The number of nitrogens with zero attached hydrogens (tertiary/aromatic N) is 6. The smallest absolute Gasteiger partial charge is 0.150 e. The van der Waals surface area contributed by atoms with E-state index in [1.165, 1.54) is 18.6 Å². The largest absolute Gasteiger partial charge is 0.348 e. The van der Waals surface area contributed by atoms with E-state index in [0.717, 1.165) is 17.8 Å². The number of aromatic nitrogens is 4. The molecule has 2 aromatic rings. The van der Waals surface area contributed by atoms with Crippen LogP contribution in [-0.4, -0.2) is 37.5 Å². The van der Waals surface area contributed by atoms with E-state index in [4.69, 9.17) is 0 Å². The van der Waals surface area contributed by atoms with Gasteiger partial charge in [0.25, 0.3) is 0 Å². The monoisotopic (exact) mass is 362 g/mol. The molecule has 0 aliphatic carbocycles. The van der Waals surface area contributed by atoms with Crippen LogP contribution in [0.15, 0.2) is 54.8 Å². The first kappa shape index (κ1) is 15.7. The van der Waals surface area contributed by atoms with Crippen molar-refractivity contribution in [1.82, 2.24) is 30.4 Å². The first-order valence-electron chi connectivity index (χ1n) is 8.56. The zero-order chi connectivity index (χ0) is 18.4. The van der Waals surface area contributed by atoms with Gasteiger partial charge in [0.05, 0.1) is 36.0 Å². The van der Waals surface area contributed by atoms with E-state index in [1.54, 1.807) is 23.6 Å². The third kappa shape index (κ3) is 2.42. The van der Waals surface area contributed by atoms with Crippen molar-refractivity contribution >= 4 is 5.82 Å². The van der Waals surface area contributed by atoms with Crippen molar-refractivity contribution < 1.29 is 4.39 Å². The zero-order valence-corrected chi connectivity index (χ0v) is 14.2. The summed E-state index contributed by atoms with van der Waals surface area (Å²) < 4.78 is 14.2. The van der Waals surface area contributed by atoms with Crippen LogP contribution in [0, 0.1) is 11.3 Å². The number of hydrazine groups is 1. The maximum atomic E-state index is 14.2. The van der Waals surface area contributed by atoms with Gasteiger partial charge >= 0.3 is 0 Å². The lowest BCUT2D eigenvalue weighted by Crippen LogP contribution is -2.48. The third-order valence-corrected chi connectivity index (χ3v) is 5.00. The van der Waals surface area contributed by atoms with Crippen LogP contribution < -0.4 is 10.3 Å². The zero-order valence-electron chi connectivity index (χ0n) is 14.2. The second-order valence-electron chi connectivity index (χ2n) is 6.46. The number of anilines is 1. The first-order chi connectivity index (χ1) is 13.3. The van der Waals surface area contributed by atoms with Crippen LogP contribution in [0.2, 0.25) is 0 Å². The normalized spacial score (nSPS) is 23.4. The van der Waals surface area contributed by atoms with Crippen LogP contribution >= 0.6 is 0 Å². The van der Waals surface area contributed by atoms with E-state index in [9.17, 15) is 9.65 Å². The van der Waals surface area contributed by atoms with Gasteiger partial charge in [-0.15, -0.1) is 0 Å². The number of imidazole rings is 1.